The van der Waals surface area contributed by atoms with Crippen LogP contribution in [0.5, 0.6) is 5.75 Å². The lowest BCUT2D eigenvalue weighted by molar-refractivity contribution is 0.0692. The lowest BCUT2D eigenvalue weighted by atomic mass is 10.1. The van der Waals surface area contributed by atoms with Crippen LogP contribution in [0.3, 0.4) is 0 Å². The first-order chi connectivity index (χ1) is 7.72. The van der Waals surface area contributed by atoms with Crippen molar-refractivity contribution in [2.45, 2.75) is 0 Å². The summed E-state index contributed by atoms with van der Waals surface area (Å²) in [5.41, 5.74) is 1.66. The summed E-state index contributed by atoms with van der Waals surface area (Å²) < 4.78 is 5.10. The molecule has 1 heterocycles. The van der Waals surface area contributed by atoms with Gasteiger partial charge < -0.3 is 14.8 Å². The SMILES string of the molecule is COc1cccc(-c2cc[nH]c2C(=O)O)c1. The van der Waals surface area contributed by atoms with Crippen molar-refractivity contribution in [3.63, 3.8) is 0 Å². The molecule has 0 fully saturated rings. The molecule has 2 rings (SSSR count). The minimum atomic E-state index is -0.970. The number of carboxylic acids is 1. The Labute approximate surface area is 92.5 Å². The van der Waals surface area contributed by atoms with E-state index in [1.54, 1.807) is 25.4 Å². The highest BCUT2D eigenvalue weighted by Gasteiger charge is 2.12. The Hall–Kier alpha value is -2.23. The average molecular weight is 217 g/mol. The smallest absolute Gasteiger partial charge is 0.352 e. The van der Waals surface area contributed by atoms with Gasteiger partial charge in [0.15, 0.2) is 0 Å². The van der Waals surface area contributed by atoms with Crippen LogP contribution < -0.4 is 4.74 Å². The van der Waals surface area contributed by atoms with Gasteiger partial charge in [0.05, 0.1) is 7.11 Å². The summed E-state index contributed by atoms with van der Waals surface area (Å²) in [6.07, 6.45) is 1.61. The predicted octanol–water partition coefficient (Wildman–Crippen LogP) is 2.39. The number of aromatic nitrogens is 1. The molecule has 0 spiro atoms. The van der Waals surface area contributed by atoms with Crippen molar-refractivity contribution in [2.24, 2.45) is 0 Å². The van der Waals surface area contributed by atoms with Crippen LogP contribution in [0.2, 0.25) is 0 Å². The van der Waals surface area contributed by atoms with E-state index >= 15 is 0 Å². The Bertz CT molecular complexity index is 516. The summed E-state index contributed by atoms with van der Waals surface area (Å²) in [6, 6.07) is 9.02. The van der Waals surface area contributed by atoms with Crippen molar-refractivity contribution < 1.29 is 14.6 Å². The van der Waals surface area contributed by atoms with Crippen molar-refractivity contribution in [3.05, 3.63) is 42.2 Å². The van der Waals surface area contributed by atoms with Crippen LogP contribution in [0.25, 0.3) is 11.1 Å². The third kappa shape index (κ3) is 1.77. The van der Waals surface area contributed by atoms with Crippen LogP contribution in [-0.4, -0.2) is 23.2 Å². The van der Waals surface area contributed by atoms with Gasteiger partial charge in [0.2, 0.25) is 0 Å². The van der Waals surface area contributed by atoms with Crippen LogP contribution in [0, 0.1) is 0 Å². The summed E-state index contributed by atoms with van der Waals surface area (Å²) in [5, 5.41) is 8.98. The molecule has 0 aliphatic rings. The van der Waals surface area contributed by atoms with Crippen molar-refractivity contribution in [1.82, 2.24) is 4.98 Å². The highest BCUT2D eigenvalue weighted by Crippen LogP contribution is 2.26. The number of aromatic amines is 1. The maximum absolute atomic E-state index is 10.9. The Morgan fingerprint density at radius 2 is 2.19 bits per heavy atom. The first kappa shape index (κ1) is 10.3. The zero-order valence-corrected chi connectivity index (χ0v) is 8.73. The van der Waals surface area contributed by atoms with E-state index in [4.69, 9.17) is 9.84 Å². The second-order valence-corrected chi connectivity index (χ2v) is 3.30. The number of H-pyrrole nitrogens is 1. The fourth-order valence-electron chi connectivity index (χ4n) is 1.58. The van der Waals surface area contributed by atoms with E-state index in [0.29, 0.717) is 11.3 Å². The average Bonchev–Trinajstić information content (AvgIpc) is 2.78. The molecule has 0 amide bonds. The lowest BCUT2D eigenvalue weighted by Crippen LogP contribution is -1.98. The Morgan fingerprint density at radius 3 is 2.88 bits per heavy atom. The molecule has 4 heteroatoms. The number of aromatic carboxylic acids is 1. The molecule has 0 saturated heterocycles. The molecule has 0 aliphatic carbocycles. The van der Waals surface area contributed by atoms with Crippen LogP contribution in [0.15, 0.2) is 36.5 Å². The Balaban J connectivity index is 2.50. The lowest BCUT2D eigenvalue weighted by Gasteiger charge is -2.03. The minimum Gasteiger partial charge on any atom is -0.497 e. The predicted molar refractivity (Wildman–Crippen MR) is 59.7 cm³/mol. The molecule has 0 saturated carbocycles. The van der Waals surface area contributed by atoms with Crippen LogP contribution in [-0.2, 0) is 0 Å². The first-order valence-corrected chi connectivity index (χ1v) is 4.77. The Morgan fingerprint density at radius 1 is 1.38 bits per heavy atom. The maximum Gasteiger partial charge on any atom is 0.352 e. The molecular weight excluding hydrogens is 206 g/mol. The molecule has 82 valence electrons. The molecule has 2 N–H and O–H groups in total. The fraction of sp³-hybridized carbons (Fsp3) is 0.0833. The standard InChI is InChI=1S/C12H11NO3/c1-16-9-4-2-3-8(7-9)10-5-6-13-11(10)12(14)15/h2-7,13H,1H3,(H,14,15). The fourth-order valence-corrected chi connectivity index (χ4v) is 1.58. The van der Waals surface area contributed by atoms with Gasteiger partial charge in [-0.2, -0.15) is 0 Å². The number of carboxylic acid groups (broad SMARTS) is 1. The molecule has 0 atom stereocenters. The van der Waals surface area contributed by atoms with Gasteiger partial charge in [-0.3, -0.25) is 0 Å². The second kappa shape index (κ2) is 4.10. The molecule has 1 aromatic carbocycles. The van der Waals surface area contributed by atoms with Crippen molar-refractivity contribution in [3.8, 4) is 16.9 Å². The number of carbonyl (C=O) groups is 1. The van der Waals surface area contributed by atoms with Crippen LogP contribution in [0.4, 0.5) is 0 Å². The number of nitrogens with one attached hydrogen (secondary N) is 1. The van der Waals surface area contributed by atoms with Gasteiger partial charge in [-0.15, -0.1) is 0 Å². The van der Waals surface area contributed by atoms with Crippen LogP contribution >= 0.6 is 0 Å². The maximum atomic E-state index is 10.9. The van der Waals surface area contributed by atoms with Gasteiger partial charge in [-0.25, -0.2) is 4.79 Å². The molecular formula is C12H11NO3. The molecule has 0 radical (unpaired) electrons. The summed E-state index contributed by atoms with van der Waals surface area (Å²) in [5.74, 6) is -0.266. The summed E-state index contributed by atoms with van der Waals surface area (Å²) in [4.78, 5) is 13.6. The number of ether oxygens (including phenoxy) is 1. The number of methoxy groups -OCH3 is 1. The third-order valence-electron chi connectivity index (χ3n) is 2.34. The van der Waals surface area contributed by atoms with Crippen molar-refractivity contribution in [1.29, 1.82) is 0 Å². The van der Waals surface area contributed by atoms with Gasteiger partial charge in [0.1, 0.15) is 11.4 Å². The van der Waals surface area contributed by atoms with E-state index in [1.165, 1.54) is 0 Å². The first-order valence-electron chi connectivity index (χ1n) is 4.77. The topological polar surface area (TPSA) is 62.3 Å². The largest absolute Gasteiger partial charge is 0.497 e. The van der Waals surface area contributed by atoms with E-state index in [2.05, 4.69) is 4.98 Å². The minimum absolute atomic E-state index is 0.188. The van der Waals surface area contributed by atoms with E-state index in [1.807, 2.05) is 18.2 Å². The summed E-state index contributed by atoms with van der Waals surface area (Å²) >= 11 is 0. The summed E-state index contributed by atoms with van der Waals surface area (Å²) in [7, 11) is 1.58. The molecule has 4 nitrogen and oxygen atoms in total. The van der Waals surface area contributed by atoms with Gasteiger partial charge in [0, 0.05) is 11.8 Å². The van der Waals surface area contributed by atoms with Gasteiger partial charge >= 0.3 is 5.97 Å². The molecule has 0 unspecified atom stereocenters. The monoisotopic (exact) mass is 217 g/mol. The zero-order chi connectivity index (χ0) is 11.5. The normalized spacial score (nSPS) is 10.1. The zero-order valence-electron chi connectivity index (χ0n) is 8.73. The van der Waals surface area contributed by atoms with E-state index in [9.17, 15) is 4.79 Å². The highest BCUT2D eigenvalue weighted by molar-refractivity contribution is 5.94. The number of hydrogen-bond donors (Lipinski definition) is 2. The molecule has 0 bridgehead atoms. The Kier molecular flexibility index (Phi) is 2.64. The third-order valence-corrected chi connectivity index (χ3v) is 2.34. The van der Waals surface area contributed by atoms with Gasteiger partial charge in [-0.05, 0) is 23.8 Å². The van der Waals surface area contributed by atoms with Crippen LogP contribution in [0.1, 0.15) is 10.5 Å². The molecule has 0 aliphatic heterocycles. The van der Waals surface area contributed by atoms with E-state index in [0.717, 1.165) is 5.56 Å². The quantitative estimate of drug-likeness (QED) is 0.829. The van der Waals surface area contributed by atoms with E-state index < -0.39 is 5.97 Å². The number of hydrogen-bond acceptors (Lipinski definition) is 2. The number of rotatable bonds is 3. The second-order valence-electron chi connectivity index (χ2n) is 3.30. The van der Waals surface area contributed by atoms with Crippen molar-refractivity contribution in [2.75, 3.05) is 7.11 Å². The molecule has 1 aromatic heterocycles. The number of benzene rings is 1. The summed E-state index contributed by atoms with van der Waals surface area (Å²) in [6.45, 7) is 0. The molecule has 2 aromatic rings. The molecule has 16 heavy (non-hydrogen) atoms. The van der Waals surface area contributed by atoms with Gasteiger partial charge in [-0.1, -0.05) is 12.1 Å². The van der Waals surface area contributed by atoms with Gasteiger partial charge in [0.25, 0.3) is 0 Å². The van der Waals surface area contributed by atoms with Crippen molar-refractivity contribution >= 4 is 5.97 Å². The van der Waals surface area contributed by atoms with E-state index in [-0.39, 0.29) is 5.69 Å². The highest BCUT2D eigenvalue weighted by atomic mass is 16.5.